The number of aliphatic hydroxyl groups is 1. The number of carbonyl (C=O) groups excluding carboxylic acids is 3. The van der Waals surface area contributed by atoms with Crippen LogP contribution in [0.4, 0.5) is 0 Å². The summed E-state index contributed by atoms with van der Waals surface area (Å²) in [4.78, 5) is 36.5. The number of primary amides is 1. The molecule has 0 aromatic rings. The van der Waals surface area contributed by atoms with Crippen molar-refractivity contribution in [3.63, 3.8) is 0 Å². The van der Waals surface area contributed by atoms with Gasteiger partial charge in [0.15, 0.2) is 0 Å². The molecule has 38 heavy (non-hydrogen) atoms. The van der Waals surface area contributed by atoms with Crippen LogP contribution < -0.4 is 5.73 Å². The van der Waals surface area contributed by atoms with E-state index < -0.39 is 0 Å². The van der Waals surface area contributed by atoms with Crippen molar-refractivity contribution >= 4 is 18.1 Å². The smallest absolute Gasteiger partial charge is 0.223 e. The lowest BCUT2D eigenvalue weighted by atomic mass is 9.81. The van der Waals surface area contributed by atoms with Crippen LogP contribution in [0.1, 0.15) is 97.8 Å². The summed E-state index contributed by atoms with van der Waals surface area (Å²) in [6.07, 6.45) is 15.0. The number of hydrogen-bond donors (Lipinski definition) is 2. The van der Waals surface area contributed by atoms with Crippen LogP contribution in [-0.4, -0.2) is 85.0 Å². The third kappa shape index (κ3) is 10.2. The molecule has 0 aromatic heterocycles. The number of carbonyl (C=O) groups is 3. The maximum absolute atomic E-state index is 11.3. The molecular formula is C30H55N3O5. The van der Waals surface area contributed by atoms with Gasteiger partial charge < -0.3 is 30.2 Å². The number of aliphatic hydroxyl groups excluding tert-OH is 1. The first-order valence-corrected chi connectivity index (χ1v) is 15.0. The van der Waals surface area contributed by atoms with Gasteiger partial charge in [0.25, 0.3) is 0 Å². The Morgan fingerprint density at radius 3 is 2.00 bits per heavy atom. The second-order valence-electron chi connectivity index (χ2n) is 12.6. The molecule has 5 fully saturated rings. The highest BCUT2D eigenvalue weighted by molar-refractivity contribution is 5.78. The molecule has 3 saturated heterocycles. The van der Waals surface area contributed by atoms with E-state index in [1.165, 1.54) is 51.4 Å². The van der Waals surface area contributed by atoms with Crippen molar-refractivity contribution < 1.29 is 24.2 Å². The summed E-state index contributed by atoms with van der Waals surface area (Å²) in [5.41, 5.74) is 5.42. The summed E-state index contributed by atoms with van der Waals surface area (Å²) in [6, 6.07) is 0. The number of likely N-dealkylation sites (tertiary alicyclic amines) is 2. The van der Waals surface area contributed by atoms with Crippen molar-refractivity contribution in [2.24, 2.45) is 28.9 Å². The SMILES string of the molecule is CC1(C)C[C@@H]1C=O.CCCC(=O)N1CCCCC1.CN1CC2(C1)OCCC2C(N)=O.OCC1CCCCC1. The third-order valence-corrected chi connectivity index (χ3v) is 8.76. The number of ether oxygens (including phenoxy) is 1. The minimum Gasteiger partial charge on any atom is -0.396 e. The fraction of sp³-hybridized carbons (Fsp3) is 0.900. The van der Waals surface area contributed by atoms with E-state index in [1.54, 1.807) is 0 Å². The molecule has 220 valence electrons. The van der Waals surface area contributed by atoms with Crippen LogP contribution in [0.3, 0.4) is 0 Å². The van der Waals surface area contributed by atoms with Crippen LogP contribution in [-0.2, 0) is 19.1 Å². The van der Waals surface area contributed by atoms with E-state index in [2.05, 4.69) is 25.7 Å². The molecule has 3 heterocycles. The Hall–Kier alpha value is -1.51. The fourth-order valence-corrected chi connectivity index (χ4v) is 5.95. The third-order valence-electron chi connectivity index (χ3n) is 8.76. The van der Waals surface area contributed by atoms with Crippen molar-refractivity contribution in [3.05, 3.63) is 0 Å². The van der Waals surface area contributed by atoms with Gasteiger partial charge in [-0.05, 0) is 69.7 Å². The van der Waals surface area contributed by atoms with Crippen molar-refractivity contribution in [3.8, 4) is 0 Å². The molecule has 3 aliphatic heterocycles. The molecule has 2 atom stereocenters. The molecule has 5 aliphatic rings. The van der Waals surface area contributed by atoms with Gasteiger partial charge in [-0.2, -0.15) is 0 Å². The van der Waals surface area contributed by atoms with Gasteiger partial charge in [-0.1, -0.05) is 40.0 Å². The zero-order chi connectivity index (χ0) is 28.2. The number of rotatable bonds is 5. The van der Waals surface area contributed by atoms with Crippen molar-refractivity contribution in [1.29, 1.82) is 0 Å². The molecular weight excluding hydrogens is 482 g/mol. The Morgan fingerprint density at radius 2 is 1.61 bits per heavy atom. The van der Waals surface area contributed by atoms with Crippen molar-refractivity contribution in [1.82, 2.24) is 9.80 Å². The predicted molar refractivity (Wildman–Crippen MR) is 150 cm³/mol. The maximum atomic E-state index is 11.3. The Kier molecular flexibility index (Phi) is 13.7. The second-order valence-corrected chi connectivity index (χ2v) is 12.6. The first-order valence-electron chi connectivity index (χ1n) is 15.0. The van der Waals surface area contributed by atoms with Gasteiger partial charge >= 0.3 is 0 Å². The van der Waals surface area contributed by atoms with E-state index >= 15 is 0 Å². The van der Waals surface area contributed by atoms with Crippen LogP contribution in [0.5, 0.6) is 0 Å². The lowest BCUT2D eigenvalue weighted by Gasteiger charge is -2.47. The predicted octanol–water partition coefficient (Wildman–Crippen LogP) is 3.78. The average molecular weight is 538 g/mol. The Labute approximate surface area is 231 Å². The van der Waals surface area contributed by atoms with E-state index in [0.29, 0.717) is 36.4 Å². The van der Waals surface area contributed by atoms with Crippen LogP contribution in [0.2, 0.25) is 0 Å². The average Bonchev–Trinajstić information content (AvgIpc) is 3.30. The number of nitrogens with zero attached hydrogens (tertiary/aromatic N) is 2. The quantitative estimate of drug-likeness (QED) is 0.516. The minimum absolute atomic E-state index is 0.0614. The summed E-state index contributed by atoms with van der Waals surface area (Å²) in [5, 5.41) is 8.69. The molecule has 2 amide bonds. The highest BCUT2D eigenvalue weighted by Gasteiger charge is 2.54. The lowest BCUT2D eigenvalue weighted by Crippen LogP contribution is -2.65. The molecule has 5 rings (SSSR count). The van der Waals surface area contributed by atoms with E-state index in [-0.39, 0.29) is 17.4 Å². The van der Waals surface area contributed by atoms with E-state index in [9.17, 15) is 14.4 Å². The zero-order valence-electron chi connectivity index (χ0n) is 24.6. The number of hydrogen-bond acceptors (Lipinski definition) is 6. The van der Waals surface area contributed by atoms with Gasteiger partial charge in [0.05, 0.1) is 5.92 Å². The number of piperidine rings is 1. The van der Waals surface area contributed by atoms with Gasteiger partial charge in [0.1, 0.15) is 11.9 Å². The number of aldehydes is 1. The Balaban J connectivity index is 0.000000182. The summed E-state index contributed by atoms with van der Waals surface area (Å²) in [6.45, 7) is 11.1. The normalized spacial score (nSPS) is 27.3. The van der Waals surface area contributed by atoms with Crippen LogP contribution >= 0.6 is 0 Å². The van der Waals surface area contributed by atoms with Crippen molar-refractivity contribution in [2.45, 2.75) is 103 Å². The fourth-order valence-electron chi connectivity index (χ4n) is 5.95. The summed E-state index contributed by atoms with van der Waals surface area (Å²) in [7, 11) is 2.02. The summed E-state index contributed by atoms with van der Waals surface area (Å²) < 4.78 is 5.58. The molecule has 3 N–H and O–H groups in total. The highest BCUT2D eigenvalue weighted by Crippen LogP contribution is 2.49. The topological polar surface area (TPSA) is 113 Å². The molecule has 8 heteroatoms. The van der Waals surface area contributed by atoms with Crippen LogP contribution in [0.15, 0.2) is 0 Å². The highest BCUT2D eigenvalue weighted by atomic mass is 16.5. The van der Waals surface area contributed by atoms with Crippen LogP contribution in [0, 0.1) is 23.2 Å². The van der Waals surface area contributed by atoms with Gasteiger partial charge in [-0.3, -0.25) is 9.59 Å². The monoisotopic (exact) mass is 537 g/mol. The molecule has 2 aliphatic carbocycles. The van der Waals surface area contributed by atoms with Gasteiger partial charge in [0, 0.05) is 51.7 Å². The molecule has 0 bridgehead atoms. The van der Waals surface area contributed by atoms with Gasteiger partial charge in [0.2, 0.25) is 11.8 Å². The Bertz CT molecular complexity index is 725. The standard InChI is InChI=1S/C9H17NO.C8H14N2O2.C7H14O.C6H10O/c1-2-6-9(11)10-7-4-3-5-8-10;1-10-4-8(5-10)6(7(9)11)2-3-12-8;8-6-7-4-2-1-3-5-7;1-6(2)3-5(6)4-7/h2-8H2,1H3;6H,2-5H2,1H3,(H2,9,11);7-8H,1-6H2;4-5H,3H2,1-2H3/t;;;5-/m...1/s1. The first kappa shape index (κ1) is 32.7. The zero-order valence-corrected chi connectivity index (χ0v) is 24.6. The number of likely N-dealkylation sites (N-methyl/N-ethyl adjacent to an activating group) is 1. The number of amides is 2. The van der Waals surface area contributed by atoms with E-state index in [0.717, 1.165) is 58.1 Å². The minimum atomic E-state index is -0.222. The van der Waals surface area contributed by atoms with Gasteiger partial charge in [-0.15, -0.1) is 0 Å². The molecule has 1 unspecified atom stereocenters. The lowest BCUT2D eigenvalue weighted by molar-refractivity contribution is -0.146. The van der Waals surface area contributed by atoms with Crippen molar-refractivity contribution in [2.75, 3.05) is 46.4 Å². The first-order chi connectivity index (χ1) is 18.1. The summed E-state index contributed by atoms with van der Waals surface area (Å²) >= 11 is 0. The molecule has 1 spiro atoms. The largest absolute Gasteiger partial charge is 0.396 e. The summed E-state index contributed by atoms with van der Waals surface area (Å²) in [5.74, 6) is 1.10. The van der Waals surface area contributed by atoms with E-state index in [4.69, 9.17) is 15.6 Å². The molecule has 0 aromatic carbocycles. The van der Waals surface area contributed by atoms with Crippen LogP contribution in [0.25, 0.3) is 0 Å². The Morgan fingerprint density at radius 1 is 1.03 bits per heavy atom. The number of nitrogens with two attached hydrogens (primary N) is 1. The van der Waals surface area contributed by atoms with Gasteiger partial charge in [-0.25, -0.2) is 0 Å². The second kappa shape index (κ2) is 15.9. The molecule has 0 radical (unpaired) electrons. The maximum Gasteiger partial charge on any atom is 0.223 e. The molecule has 2 saturated carbocycles. The molecule has 8 nitrogen and oxygen atoms in total. The van der Waals surface area contributed by atoms with E-state index in [1.807, 2.05) is 11.9 Å².